The van der Waals surface area contributed by atoms with Gasteiger partial charge in [-0.1, -0.05) is 26.0 Å². The van der Waals surface area contributed by atoms with E-state index in [4.69, 9.17) is 5.26 Å². The van der Waals surface area contributed by atoms with Crippen LogP contribution in [0.25, 0.3) is 0 Å². The van der Waals surface area contributed by atoms with E-state index < -0.39 is 0 Å². The van der Waals surface area contributed by atoms with Crippen LogP contribution >= 0.6 is 0 Å². The lowest BCUT2D eigenvalue weighted by molar-refractivity contribution is 0.582. The van der Waals surface area contributed by atoms with Crippen LogP contribution in [-0.4, -0.2) is 15.6 Å². The highest BCUT2D eigenvalue weighted by Crippen LogP contribution is 2.06. The monoisotopic (exact) mass is 254 g/mol. The molecule has 0 unspecified atom stereocenters. The molecule has 2 rings (SSSR count). The molecule has 2 aromatic rings. The standard InChI is InChI=1S/C15H18N4/c1-12(2)17-8-15-10-19(11-18-15)9-14-5-3-13(7-16)4-6-14/h3-6,10-12,17H,8-9H2,1-2H3. The van der Waals surface area contributed by atoms with Gasteiger partial charge >= 0.3 is 0 Å². The molecule has 0 aliphatic rings. The van der Waals surface area contributed by atoms with Gasteiger partial charge in [0.15, 0.2) is 0 Å². The average molecular weight is 254 g/mol. The Morgan fingerprint density at radius 1 is 1.32 bits per heavy atom. The summed E-state index contributed by atoms with van der Waals surface area (Å²) in [5, 5.41) is 12.1. The van der Waals surface area contributed by atoms with Gasteiger partial charge in [0, 0.05) is 25.3 Å². The number of nitriles is 1. The fourth-order valence-electron chi connectivity index (χ4n) is 1.79. The van der Waals surface area contributed by atoms with Crippen LogP contribution in [0.2, 0.25) is 0 Å². The topological polar surface area (TPSA) is 53.6 Å². The molecular weight excluding hydrogens is 236 g/mol. The van der Waals surface area contributed by atoms with Crippen molar-refractivity contribution in [3.63, 3.8) is 0 Å². The van der Waals surface area contributed by atoms with Crippen molar-refractivity contribution in [2.45, 2.75) is 33.0 Å². The molecule has 1 heterocycles. The van der Waals surface area contributed by atoms with Gasteiger partial charge in [0.1, 0.15) is 0 Å². The van der Waals surface area contributed by atoms with Crippen molar-refractivity contribution in [3.05, 3.63) is 53.6 Å². The smallest absolute Gasteiger partial charge is 0.0991 e. The molecule has 0 bridgehead atoms. The highest BCUT2D eigenvalue weighted by atomic mass is 15.0. The molecule has 0 amide bonds. The maximum Gasteiger partial charge on any atom is 0.0991 e. The van der Waals surface area contributed by atoms with E-state index in [1.165, 1.54) is 5.56 Å². The summed E-state index contributed by atoms with van der Waals surface area (Å²) in [4.78, 5) is 4.37. The van der Waals surface area contributed by atoms with E-state index in [0.717, 1.165) is 18.8 Å². The summed E-state index contributed by atoms with van der Waals surface area (Å²) in [5.74, 6) is 0. The van der Waals surface area contributed by atoms with Gasteiger partial charge in [0.2, 0.25) is 0 Å². The second-order valence-corrected chi connectivity index (χ2v) is 4.88. The van der Waals surface area contributed by atoms with Crippen molar-refractivity contribution in [2.24, 2.45) is 0 Å². The second-order valence-electron chi connectivity index (χ2n) is 4.88. The minimum Gasteiger partial charge on any atom is -0.333 e. The number of rotatable bonds is 5. The highest BCUT2D eigenvalue weighted by molar-refractivity contribution is 5.31. The van der Waals surface area contributed by atoms with E-state index in [-0.39, 0.29) is 0 Å². The Morgan fingerprint density at radius 2 is 2.05 bits per heavy atom. The van der Waals surface area contributed by atoms with E-state index >= 15 is 0 Å². The zero-order valence-corrected chi connectivity index (χ0v) is 11.3. The van der Waals surface area contributed by atoms with Gasteiger partial charge in [-0.2, -0.15) is 5.26 Å². The third kappa shape index (κ3) is 3.94. The van der Waals surface area contributed by atoms with Gasteiger partial charge in [-0.3, -0.25) is 0 Å². The predicted molar refractivity (Wildman–Crippen MR) is 74.5 cm³/mol. The number of nitrogens with one attached hydrogen (secondary N) is 1. The molecule has 1 N–H and O–H groups in total. The molecule has 4 heteroatoms. The van der Waals surface area contributed by atoms with Crippen LogP contribution in [0.1, 0.15) is 30.7 Å². The Morgan fingerprint density at radius 3 is 2.68 bits per heavy atom. The maximum absolute atomic E-state index is 8.75. The third-order valence-corrected chi connectivity index (χ3v) is 2.83. The minimum atomic E-state index is 0.462. The molecule has 1 aromatic heterocycles. The molecule has 4 nitrogen and oxygen atoms in total. The van der Waals surface area contributed by atoms with E-state index in [9.17, 15) is 0 Å². The Bertz CT molecular complexity index is 561. The van der Waals surface area contributed by atoms with Gasteiger partial charge in [-0.15, -0.1) is 0 Å². The van der Waals surface area contributed by atoms with Crippen LogP contribution in [-0.2, 0) is 13.1 Å². The number of imidazole rings is 1. The van der Waals surface area contributed by atoms with E-state index in [0.29, 0.717) is 11.6 Å². The first kappa shape index (κ1) is 13.3. The highest BCUT2D eigenvalue weighted by Gasteiger charge is 2.01. The normalized spacial score (nSPS) is 10.6. The summed E-state index contributed by atoms with van der Waals surface area (Å²) in [6.07, 6.45) is 3.89. The van der Waals surface area contributed by atoms with Crippen molar-refractivity contribution in [1.82, 2.24) is 14.9 Å². The molecule has 19 heavy (non-hydrogen) atoms. The lowest BCUT2D eigenvalue weighted by atomic mass is 10.1. The summed E-state index contributed by atoms with van der Waals surface area (Å²) in [7, 11) is 0. The zero-order valence-electron chi connectivity index (χ0n) is 11.3. The number of hydrogen-bond donors (Lipinski definition) is 1. The molecule has 1 aromatic carbocycles. The fraction of sp³-hybridized carbons (Fsp3) is 0.333. The minimum absolute atomic E-state index is 0.462. The van der Waals surface area contributed by atoms with Gasteiger partial charge < -0.3 is 9.88 Å². The van der Waals surface area contributed by atoms with Crippen molar-refractivity contribution in [1.29, 1.82) is 5.26 Å². The number of nitrogens with zero attached hydrogens (tertiary/aromatic N) is 3. The van der Waals surface area contributed by atoms with Crippen molar-refractivity contribution in [2.75, 3.05) is 0 Å². The molecule has 0 spiro atoms. The fourth-order valence-corrected chi connectivity index (χ4v) is 1.79. The maximum atomic E-state index is 8.75. The van der Waals surface area contributed by atoms with Crippen LogP contribution in [0.3, 0.4) is 0 Å². The van der Waals surface area contributed by atoms with Crippen molar-refractivity contribution >= 4 is 0 Å². The third-order valence-electron chi connectivity index (χ3n) is 2.83. The molecule has 0 saturated heterocycles. The summed E-state index contributed by atoms with van der Waals surface area (Å²) < 4.78 is 2.05. The van der Waals surface area contributed by atoms with E-state index in [1.54, 1.807) is 0 Å². The number of benzene rings is 1. The molecule has 0 fully saturated rings. The molecule has 0 atom stereocenters. The predicted octanol–water partition coefficient (Wildman–Crippen LogP) is 2.30. The van der Waals surface area contributed by atoms with Gasteiger partial charge in [0.05, 0.1) is 23.7 Å². The van der Waals surface area contributed by atoms with Gasteiger partial charge in [-0.05, 0) is 17.7 Å². The Labute approximate surface area is 113 Å². The lowest BCUT2D eigenvalue weighted by Crippen LogP contribution is -2.21. The Balaban J connectivity index is 1.97. The van der Waals surface area contributed by atoms with Crippen LogP contribution in [0, 0.1) is 11.3 Å². The molecular formula is C15H18N4. The summed E-state index contributed by atoms with van der Waals surface area (Å²) in [6, 6.07) is 10.2. The zero-order chi connectivity index (χ0) is 13.7. The lowest BCUT2D eigenvalue weighted by Gasteiger charge is -2.05. The number of hydrogen-bond acceptors (Lipinski definition) is 3. The first-order valence-corrected chi connectivity index (χ1v) is 6.40. The SMILES string of the molecule is CC(C)NCc1cn(Cc2ccc(C#N)cc2)cn1. The van der Waals surface area contributed by atoms with Crippen LogP contribution in [0.4, 0.5) is 0 Å². The van der Waals surface area contributed by atoms with E-state index in [2.05, 4.69) is 34.8 Å². The molecule has 0 aliphatic carbocycles. The van der Waals surface area contributed by atoms with Crippen LogP contribution in [0.15, 0.2) is 36.8 Å². The van der Waals surface area contributed by atoms with Gasteiger partial charge in [0.25, 0.3) is 0 Å². The summed E-state index contributed by atoms with van der Waals surface area (Å²) >= 11 is 0. The molecule has 0 aliphatic heterocycles. The van der Waals surface area contributed by atoms with Crippen LogP contribution in [0.5, 0.6) is 0 Å². The largest absolute Gasteiger partial charge is 0.333 e. The Hall–Kier alpha value is -2.12. The quantitative estimate of drug-likeness (QED) is 0.890. The van der Waals surface area contributed by atoms with E-state index in [1.807, 2.05) is 36.8 Å². The van der Waals surface area contributed by atoms with Gasteiger partial charge in [-0.25, -0.2) is 4.98 Å². The summed E-state index contributed by atoms with van der Waals surface area (Å²) in [5.41, 5.74) is 2.90. The molecule has 0 radical (unpaired) electrons. The van der Waals surface area contributed by atoms with Crippen LogP contribution < -0.4 is 5.32 Å². The van der Waals surface area contributed by atoms with Crippen molar-refractivity contribution in [3.8, 4) is 6.07 Å². The first-order valence-electron chi connectivity index (χ1n) is 6.40. The van der Waals surface area contributed by atoms with Crippen molar-refractivity contribution < 1.29 is 0 Å². The second kappa shape index (κ2) is 6.17. The molecule has 0 saturated carbocycles. The number of aromatic nitrogens is 2. The first-order chi connectivity index (χ1) is 9.17. The average Bonchev–Trinajstić information content (AvgIpc) is 2.85. The summed E-state index contributed by atoms with van der Waals surface area (Å²) in [6.45, 7) is 5.81. The Kier molecular flexibility index (Phi) is 4.32. The molecule has 98 valence electrons.